The van der Waals surface area contributed by atoms with E-state index in [2.05, 4.69) is 10.2 Å². The number of non-ortho nitro benzene ring substituents is 1. The van der Waals surface area contributed by atoms with Crippen LogP contribution in [0.1, 0.15) is 6.42 Å². The van der Waals surface area contributed by atoms with Crippen molar-refractivity contribution in [2.45, 2.75) is 12.5 Å². The van der Waals surface area contributed by atoms with Crippen molar-refractivity contribution >= 4 is 23.0 Å². The predicted molar refractivity (Wildman–Crippen MR) is 70.2 cm³/mol. The lowest BCUT2D eigenvalue weighted by Gasteiger charge is -2.26. The Bertz CT molecular complexity index is 494. The average molecular weight is 268 g/mol. The monoisotopic (exact) mass is 267 g/mol. The van der Waals surface area contributed by atoms with Crippen LogP contribution in [0.15, 0.2) is 18.2 Å². The van der Waals surface area contributed by atoms with E-state index in [1.807, 2.05) is 0 Å². The van der Waals surface area contributed by atoms with Crippen molar-refractivity contribution in [3.05, 3.63) is 33.3 Å². The van der Waals surface area contributed by atoms with Crippen molar-refractivity contribution in [1.29, 1.82) is 0 Å². The molecule has 0 amide bonds. The SMILES string of the molecule is O=[N+]([O-])c1ccc(N2CC[C@H]3CNC[C@H]32)c(Cl)c1. The van der Waals surface area contributed by atoms with Crippen LogP contribution in [-0.4, -0.2) is 30.6 Å². The molecule has 0 aliphatic carbocycles. The van der Waals surface area contributed by atoms with Gasteiger partial charge in [-0.3, -0.25) is 10.1 Å². The molecule has 2 aliphatic rings. The molecule has 0 saturated carbocycles. The zero-order chi connectivity index (χ0) is 12.7. The molecule has 1 aromatic carbocycles. The van der Waals surface area contributed by atoms with E-state index in [0.717, 1.165) is 31.7 Å². The number of nitro benzene ring substituents is 1. The topological polar surface area (TPSA) is 58.4 Å². The van der Waals surface area contributed by atoms with Crippen LogP contribution in [0.5, 0.6) is 0 Å². The van der Waals surface area contributed by atoms with E-state index in [4.69, 9.17) is 11.6 Å². The number of nitrogens with one attached hydrogen (secondary N) is 1. The normalized spacial score (nSPS) is 26.4. The number of hydrogen-bond acceptors (Lipinski definition) is 4. The van der Waals surface area contributed by atoms with Gasteiger partial charge >= 0.3 is 0 Å². The lowest BCUT2D eigenvalue weighted by molar-refractivity contribution is -0.384. The summed E-state index contributed by atoms with van der Waals surface area (Å²) in [4.78, 5) is 12.5. The fourth-order valence-electron chi connectivity index (χ4n) is 2.99. The maximum absolute atomic E-state index is 10.7. The molecule has 3 rings (SSSR count). The van der Waals surface area contributed by atoms with Crippen molar-refractivity contribution in [2.75, 3.05) is 24.5 Å². The number of rotatable bonds is 2. The first-order valence-electron chi connectivity index (χ1n) is 6.08. The van der Waals surface area contributed by atoms with Gasteiger partial charge in [0.2, 0.25) is 0 Å². The fraction of sp³-hybridized carbons (Fsp3) is 0.500. The van der Waals surface area contributed by atoms with Crippen molar-refractivity contribution in [3.63, 3.8) is 0 Å². The number of anilines is 1. The van der Waals surface area contributed by atoms with Crippen LogP contribution in [0.25, 0.3) is 0 Å². The van der Waals surface area contributed by atoms with Gasteiger partial charge in [0.25, 0.3) is 5.69 Å². The zero-order valence-corrected chi connectivity index (χ0v) is 10.6. The van der Waals surface area contributed by atoms with E-state index in [-0.39, 0.29) is 5.69 Å². The molecule has 18 heavy (non-hydrogen) atoms. The Morgan fingerprint density at radius 3 is 3.00 bits per heavy atom. The second kappa shape index (κ2) is 4.40. The van der Waals surface area contributed by atoms with Crippen molar-refractivity contribution in [3.8, 4) is 0 Å². The summed E-state index contributed by atoms with van der Waals surface area (Å²) in [6.45, 7) is 3.01. The number of nitrogens with zero attached hydrogens (tertiary/aromatic N) is 2. The fourth-order valence-corrected chi connectivity index (χ4v) is 3.27. The summed E-state index contributed by atoms with van der Waals surface area (Å²) < 4.78 is 0. The van der Waals surface area contributed by atoms with Crippen LogP contribution in [0.3, 0.4) is 0 Å². The molecule has 0 spiro atoms. The standard InChI is InChI=1S/C12H14ClN3O2/c13-10-5-9(16(17)18)1-2-11(10)15-4-3-8-6-14-7-12(8)15/h1-2,5,8,12,14H,3-4,6-7H2/t8-,12+/m0/s1. The van der Waals surface area contributed by atoms with Gasteiger partial charge in [-0.15, -0.1) is 0 Å². The number of halogens is 1. The quantitative estimate of drug-likeness (QED) is 0.658. The Balaban J connectivity index is 1.90. The molecule has 0 aromatic heterocycles. The summed E-state index contributed by atoms with van der Waals surface area (Å²) in [5, 5.41) is 14.5. The van der Waals surface area contributed by atoms with Gasteiger partial charge in [0.1, 0.15) is 0 Å². The molecule has 0 radical (unpaired) electrons. The summed E-state index contributed by atoms with van der Waals surface area (Å²) in [6.07, 6.45) is 1.16. The third kappa shape index (κ3) is 1.83. The van der Waals surface area contributed by atoms with Crippen LogP contribution >= 0.6 is 11.6 Å². The summed E-state index contributed by atoms with van der Waals surface area (Å²) in [6, 6.07) is 5.20. The average Bonchev–Trinajstić information content (AvgIpc) is 2.91. The minimum atomic E-state index is -0.417. The van der Waals surface area contributed by atoms with E-state index in [9.17, 15) is 10.1 Å². The van der Waals surface area contributed by atoms with Gasteiger partial charge in [0.05, 0.1) is 15.6 Å². The number of fused-ring (bicyclic) bond motifs is 1. The lowest BCUT2D eigenvalue weighted by atomic mass is 10.1. The first-order chi connectivity index (χ1) is 8.66. The van der Waals surface area contributed by atoms with Crippen molar-refractivity contribution < 1.29 is 4.92 Å². The summed E-state index contributed by atoms with van der Waals surface area (Å²) in [7, 11) is 0. The van der Waals surface area contributed by atoms with E-state index < -0.39 is 4.92 Å². The maximum Gasteiger partial charge on any atom is 0.271 e. The van der Waals surface area contributed by atoms with E-state index in [1.54, 1.807) is 6.07 Å². The largest absolute Gasteiger partial charge is 0.366 e. The molecule has 5 nitrogen and oxygen atoms in total. The molecule has 96 valence electrons. The first-order valence-corrected chi connectivity index (χ1v) is 6.46. The highest BCUT2D eigenvalue weighted by Crippen LogP contribution is 2.37. The van der Waals surface area contributed by atoms with Crippen molar-refractivity contribution in [1.82, 2.24) is 5.32 Å². The molecule has 6 heteroatoms. The van der Waals surface area contributed by atoms with Gasteiger partial charge < -0.3 is 10.2 Å². The minimum absolute atomic E-state index is 0.0454. The number of hydrogen-bond donors (Lipinski definition) is 1. The smallest absolute Gasteiger partial charge is 0.271 e. The lowest BCUT2D eigenvalue weighted by Crippen LogP contribution is -2.34. The molecule has 1 aromatic rings. The Hall–Kier alpha value is -1.33. The Morgan fingerprint density at radius 2 is 2.28 bits per heavy atom. The van der Waals surface area contributed by atoms with Gasteiger partial charge in [-0.25, -0.2) is 0 Å². The summed E-state index contributed by atoms with van der Waals surface area (Å²) >= 11 is 6.18. The summed E-state index contributed by atoms with van der Waals surface area (Å²) in [5.74, 6) is 0.677. The van der Waals surface area contributed by atoms with Crippen molar-refractivity contribution in [2.24, 2.45) is 5.92 Å². The van der Waals surface area contributed by atoms with Gasteiger partial charge in [0.15, 0.2) is 0 Å². The van der Waals surface area contributed by atoms with Gasteiger partial charge in [0, 0.05) is 37.8 Å². The third-order valence-corrected chi connectivity index (χ3v) is 4.20. The van der Waals surface area contributed by atoms with Gasteiger partial charge in [-0.2, -0.15) is 0 Å². The molecule has 1 N–H and O–H groups in total. The highest BCUT2D eigenvalue weighted by Gasteiger charge is 2.38. The van der Waals surface area contributed by atoms with Gasteiger partial charge in [-0.05, 0) is 18.4 Å². The maximum atomic E-state index is 10.7. The Kier molecular flexibility index (Phi) is 2.87. The third-order valence-electron chi connectivity index (χ3n) is 3.90. The van der Waals surface area contributed by atoms with Crippen LogP contribution in [-0.2, 0) is 0 Å². The van der Waals surface area contributed by atoms with Crippen LogP contribution < -0.4 is 10.2 Å². The highest BCUT2D eigenvalue weighted by atomic mass is 35.5. The molecule has 2 fully saturated rings. The highest BCUT2D eigenvalue weighted by molar-refractivity contribution is 6.33. The number of benzene rings is 1. The molecule has 2 saturated heterocycles. The first kappa shape index (κ1) is 11.7. The van der Waals surface area contributed by atoms with Gasteiger partial charge in [-0.1, -0.05) is 11.6 Å². The molecule has 2 aliphatic heterocycles. The minimum Gasteiger partial charge on any atom is -0.366 e. The molecule has 2 heterocycles. The predicted octanol–water partition coefficient (Wildman–Crippen LogP) is 2.05. The molecular weight excluding hydrogens is 254 g/mol. The second-order valence-electron chi connectivity index (χ2n) is 4.86. The van der Waals surface area contributed by atoms with Crippen LogP contribution in [0.4, 0.5) is 11.4 Å². The Labute approximate surface area is 110 Å². The Morgan fingerprint density at radius 1 is 1.44 bits per heavy atom. The van der Waals surface area contributed by atoms with E-state index >= 15 is 0 Å². The van der Waals surface area contributed by atoms with E-state index in [1.165, 1.54) is 12.1 Å². The molecule has 0 bridgehead atoms. The zero-order valence-electron chi connectivity index (χ0n) is 9.80. The molecule has 2 atom stereocenters. The van der Waals surface area contributed by atoms with Crippen LogP contribution in [0.2, 0.25) is 5.02 Å². The van der Waals surface area contributed by atoms with Crippen LogP contribution in [0, 0.1) is 16.0 Å². The molecular formula is C12H14ClN3O2. The summed E-state index contributed by atoms with van der Waals surface area (Å²) in [5.41, 5.74) is 0.961. The second-order valence-corrected chi connectivity index (χ2v) is 5.27. The molecule has 0 unspecified atom stereocenters. The number of nitro groups is 1. The van der Waals surface area contributed by atoms with E-state index in [0.29, 0.717) is 17.0 Å².